The molecule has 0 bridgehead atoms. The molecule has 0 aliphatic rings. The normalized spacial score (nSPS) is 10.9. The molecule has 0 unspecified atom stereocenters. The van der Waals surface area contributed by atoms with Crippen LogP contribution in [0.15, 0.2) is 83.0 Å². The number of rotatable bonds is 4. The standard InChI is InChI=1S/C22H16ClNO2S/c23-16-8-10-17(11-9-16)24-19(21-7-4-12-27-21)14-20(25)18(22(24)26)13-15-5-2-1-3-6-15/h1-12,14,25H,13H2. The quantitative estimate of drug-likeness (QED) is 0.496. The Hall–Kier alpha value is -2.82. The Morgan fingerprint density at radius 2 is 1.70 bits per heavy atom. The highest BCUT2D eigenvalue weighted by atomic mass is 35.5. The van der Waals surface area contributed by atoms with Gasteiger partial charge in [-0.1, -0.05) is 48.0 Å². The van der Waals surface area contributed by atoms with Crippen molar-refractivity contribution in [2.75, 3.05) is 0 Å². The van der Waals surface area contributed by atoms with Crippen LogP contribution in [0.5, 0.6) is 5.75 Å². The summed E-state index contributed by atoms with van der Waals surface area (Å²) in [6.45, 7) is 0. The Bertz CT molecular complexity index is 1120. The van der Waals surface area contributed by atoms with E-state index in [0.717, 1.165) is 10.4 Å². The smallest absolute Gasteiger partial charge is 0.262 e. The molecule has 0 aliphatic heterocycles. The lowest BCUT2D eigenvalue weighted by molar-refractivity contribution is 0.467. The van der Waals surface area contributed by atoms with Crippen molar-refractivity contribution in [3.05, 3.63) is 105 Å². The van der Waals surface area contributed by atoms with Gasteiger partial charge in [-0.25, -0.2) is 0 Å². The summed E-state index contributed by atoms with van der Waals surface area (Å²) in [6, 6.07) is 22.3. The van der Waals surface area contributed by atoms with Gasteiger partial charge in [0.15, 0.2) is 0 Å². The van der Waals surface area contributed by atoms with Crippen molar-refractivity contribution in [2.45, 2.75) is 6.42 Å². The van der Waals surface area contributed by atoms with Crippen LogP contribution in [0.4, 0.5) is 0 Å². The van der Waals surface area contributed by atoms with E-state index in [1.807, 2.05) is 60.0 Å². The van der Waals surface area contributed by atoms with Crippen LogP contribution in [0.25, 0.3) is 16.3 Å². The maximum absolute atomic E-state index is 13.4. The van der Waals surface area contributed by atoms with Crippen LogP contribution in [0, 0.1) is 0 Å². The fourth-order valence-corrected chi connectivity index (χ4v) is 3.91. The lowest BCUT2D eigenvalue weighted by Crippen LogP contribution is -2.24. The molecule has 134 valence electrons. The molecule has 1 N–H and O–H groups in total. The summed E-state index contributed by atoms with van der Waals surface area (Å²) in [4.78, 5) is 14.3. The van der Waals surface area contributed by atoms with Crippen LogP contribution < -0.4 is 5.56 Å². The highest BCUT2D eigenvalue weighted by Gasteiger charge is 2.18. The van der Waals surface area contributed by atoms with Gasteiger partial charge in [0.2, 0.25) is 0 Å². The minimum Gasteiger partial charge on any atom is -0.507 e. The zero-order valence-electron chi connectivity index (χ0n) is 14.3. The third kappa shape index (κ3) is 3.54. The molecular weight excluding hydrogens is 378 g/mol. The average molecular weight is 394 g/mol. The first kappa shape index (κ1) is 17.6. The number of halogens is 1. The Morgan fingerprint density at radius 1 is 0.963 bits per heavy atom. The van der Waals surface area contributed by atoms with Crippen molar-refractivity contribution >= 4 is 22.9 Å². The highest BCUT2D eigenvalue weighted by Crippen LogP contribution is 2.31. The van der Waals surface area contributed by atoms with E-state index in [1.165, 1.54) is 11.3 Å². The van der Waals surface area contributed by atoms with E-state index in [0.29, 0.717) is 28.4 Å². The van der Waals surface area contributed by atoms with Gasteiger partial charge in [0.25, 0.3) is 5.56 Å². The van der Waals surface area contributed by atoms with Crippen molar-refractivity contribution < 1.29 is 5.11 Å². The van der Waals surface area contributed by atoms with Gasteiger partial charge in [-0.2, -0.15) is 0 Å². The zero-order chi connectivity index (χ0) is 18.8. The Morgan fingerprint density at radius 3 is 2.37 bits per heavy atom. The Balaban J connectivity index is 1.94. The van der Waals surface area contributed by atoms with E-state index in [9.17, 15) is 9.90 Å². The van der Waals surface area contributed by atoms with Crippen LogP contribution in [-0.2, 0) is 6.42 Å². The van der Waals surface area contributed by atoms with E-state index >= 15 is 0 Å². The lowest BCUT2D eigenvalue weighted by atomic mass is 10.0. The summed E-state index contributed by atoms with van der Waals surface area (Å²) in [5.41, 5.74) is 2.48. The monoisotopic (exact) mass is 393 g/mol. The molecule has 5 heteroatoms. The first-order valence-electron chi connectivity index (χ1n) is 8.45. The zero-order valence-corrected chi connectivity index (χ0v) is 15.9. The summed E-state index contributed by atoms with van der Waals surface area (Å²) in [6.07, 6.45) is 0.365. The van der Waals surface area contributed by atoms with E-state index in [-0.39, 0.29) is 11.3 Å². The first-order chi connectivity index (χ1) is 13.1. The molecule has 3 nitrogen and oxygen atoms in total. The number of thiophene rings is 1. The Labute approximate surface area is 165 Å². The Kier molecular flexibility index (Phi) is 4.84. The number of aromatic hydroxyl groups is 1. The van der Waals surface area contributed by atoms with E-state index < -0.39 is 0 Å². The summed E-state index contributed by atoms with van der Waals surface area (Å²) in [7, 11) is 0. The molecule has 0 radical (unpaired) electrons. The van der Waals surface area contributed by atoms with Crippen molar-refractivity contribution in [3.8, 4) is 22.0 Å². The molecule has 2 aromatic carbocycles. The molecule has 2 heterocycles. The molecule has 0 aliphatic carbocycles. The average Bonchev–Trinajstić information content (AvgIpc) is 3.21. The fraction of sp³-hybridized carbons (Fsp3) is 0.0455. The lowest BCUT2D eigenvalue weighted by Gasteiger charge is -2.16. The highest BCUT2D eigenvalue weighted by molar-refractivity contribution is 7.13. The van der Waals surface area contributed by atoms with Gasteiger partial charge < -0.3 is 5.11 Å². The third-order valence-corrected chi connectivity index (χ3v) is 5.51. The summed E-state index contributed by atoms with van der Waals surface area (Å²) < 4.78 is 1.64. The molecule has 4 rings (SSSR count). The molecule has 2 aromatic heterocycles. The van der Waals surface area contributed by atoms with Gasteiger partial charge in [0, 0.05) is 23.2 Å². The predicted molar refractivity (Wildman–Crippen MR) is 111 cm³/mol. The van der Waals surface area contributed by atoms with E-state index in [4.69, 9.17) is 11.6 Å². The number of nitrogens with zero attached hydrogens (tertiary/aromatic N) is 1. The largest absolute Gasteiger partial charge is 0.507 e. The van der Waals surface area contributed by atoms with Crippen molar-refractivity contribution in [1.82, 2.24) is 4.57 Å². The van der Waals surface area contributed by atoms with Gasteiger partial charge >= 0.3 is 0 Å². The minimum atomic E-state index is -0.232. The SMILES string of the molecule is O=c1c(Cc2ccccc2)c(O)cc(-c2cccs2)n1-c1ccc(Cl)cc1. The van der Waals surface area contributed by atoms with Crippen LogP contribution in [-0.4, -0.2) is 9.67 Å². The fourth-order valence-electron chi connectivity index (χ4n) is 3.05. The van der Waals surface area contributed by atoms with Crippen molar-refractivity contribution in [2.24, 2.45) is 0 Å². The molecule has 0 atom stereocenters. The number of benzene rings is 2. The molecule has 27 heavy (non-hydrogen) atoms. The molecule has 0 saturated carbocycles. The second-order valence-corrected chi connectivity index (χ2v) is 7.53. The molecule has 0 saturated heterocycles. The first-order valence-corrected chi connectivity index (χ1v) is 9.71. The van der Waals surface area contributed by atoms with Gasteiger partial charge in [-0.3, -0.25) is 9.36 Å². The van der Waals surface area contributed by atoms with Crippen molar-refractivity contribution in [3.63, 3.8) is 0 Å². The summed E-state index contributed by atoms with van der Waals surface area (Å²) in [5, 5.41) is 13.2. The summed E-state index contributed by atoms with van der Waals surface area (Å²) >= 11 is 7.54. The molecule has 0 fully saturated rings. The van der Waals surface area contributed by atoms with Crippen LogP contribution in [0.1, 0.15) is 11.1 Å². The second-order valence-electron chi connectivity index (χ2n) is 6.15. The minimum absolute atomic E-state index is 0.0115. The van der Waals surface area contributed by atoms with E-state index in [2.05, 4.69) is 0 Å². The topological polar surface area (TPSA) is 42.2 Å². The third-order valence-electron chi connectivity index (χ3n) is 4.37. The van der Waals surface area contributed by atoms with Crippen LogP contribution >= 0.6 is 22.9 Å². The maximum atomic E-state index is 13.4. The second kappa shape index (κ2) is 7.43. The number of hydrogen-bond acceptors (Lipinski definition) is 3. The van der Waals surface area contributed by atoms with E-state index in [1.54, 1.807) is 22.8 Å². The van der Waals surface area contributed by atoms with Gasteiger partial charge in [-0.15, -0.1) is 11.3 Å². The van der Waals surface area contributed by atoms with Crippen LogP contribution in [0.2, 0.25) is 5.02 Å². The number of aromatic nitrogens is 1. The van der Waals surface area contributed by atoms with Gasteiger partial charge in [-0.05, 0) is 41.3 Å². The number of hydrogen-bond donors (Lipinski definition) is 1. The predicted octanol–water partition coefficient (Wildman–Crippen LogP) is 5.52. The molecule has 0 spiro atoms. The van der Waals surface area contributed by atoms with Gasteiger partial charge in [0.1, 0.15) is 5.75 Å². The molecule has 0 amide bonds. The van der Waals surface area contributed by atoms with Crippen molar-refractivity contribution in [1.29, 1.82) is 0 Å². The number of pyridine rings is 1. The van der Waals surface area contributed by atoms with Crippen LogP contribution in [0.3, 0.4) is 0 Å². The van der Waals surface area contributed by atoms with Gasteiger partial charge in [0.05, 0.1) is 16.1 Å². The molecule has 4 aromatic rings. The maximum Gasteiger partial charge on any atom is 0.262 e. The summed E-state index contributed by atoms with van der Waals surface area (Å²) in [5.74, 6) is 0.0115. The molecular formula is C22H16ClNO2S.